The first-order valence-corrected chi connectivity index (χ1v) is 17.6. The summed E-state index contributed by atoms with van der Waals surface area (Å²) in [6.07, 6.45) is 0.949. The summed E-state index contributed by atoms with van der Waals surface area (Å²) in [5, 5.41) is 3.48. The van der Waals surface area contributed by atoms with Gasteiger partial charge in [-0.3, -0.25) is 13.9 Å². The number of hydrogen-bond donors (Lipinski definition) is 1. The number of hydrogen-bond acceptors (Lipinski definition) is 5. The number of carbonyl (C=O) groups is 2. The third-order valence-corrected chi connectivity index (χ3v) is 9.77. The summed E-state index contributed by atoms with van der Waals surface area (Å²) in [5.74, 6) is -0.299. The van der Waals surface area contributed by atoms with Crippen LogP contribution in [0.25, 0.3) is 0 Å². The van der Waals surface area contributed by atoms with Crippen LogP contribution in [0.3, 0.4) is 0 Å². The lowest BCUT2D eigenvalue weighted by Crippen LogP contribution is -2.53. The molecule has 1 N–H and O–H groups in total. The van der Waals surface area contributed by atoms with Gasteiger partial charge in [-0.1, -0.05) is 76.9 Å². The van der Waals surface area contributed by atoms with Gasteiger partial charge in [0, 0.05) is 29.0 Å². The molecular weight excluding hydrogens is 690 g/mol. The Morgan fingerprint density at radius 1 is 0.870 bits per heavy atom. The van der Waals surface area contributed by atoms with Crippen molar-refractivity contribution >= 4 is 55.1 Å². The Hall–Kier alpha value is -3.86. The van der Waals surface area contributed by atoms with Crippen LogP contribution in [0.15, 0.2) is 112 Å². The van der Waals surface area contributed by atoms with Crippen LogP contribution >= 0.6 is 27.5 Å². The normalized spacial score (nSPS) is 11.8. The molecule has 4 rings (SSSR count). The highest BCUT2D eigenvalue weighted by atomic mass is 79.9. The summed E-state index contributed by atoms with van der Waals surface area (Å²) in [7, 11) is -4.22. The van der Waals surface area contributed by atoms with Crippen molar-refractivity contribution in [2.45, 2.75) is 44.2 Å². The first kappa shape index (κ1) is 35.0. The van der Waals surface area contributed by atoms with Crippen LogP contribution in [0.1, 0.15) is 31.4 Å². The second-order valence-electron chi connectivity index (χ2n) is 10.5. The third-order valence-electron chi connectivity index (χ3n) is 7.20. The maximum absolute atomic E-state index is 14.5. The van der Waals surface area contributed by atoms with Gasteiger partial charge >= 0.3 is 0 Å². The minimum Gasteiger partial charge on any atom is -0.494 e. The van der Waals surface area contributed by atoms with Crippen LogP contribution < -0.4 is 14.4 Å². The van der Waals surface area contributed by atoms with Crippen LogP contribution in [0, 0.1) is 0 Å². The summed E-state index contributed by atoms with van der Waals surface area (Å²) in [5.41, 5.74) is 1.88. The number of benzene rings is 4. The smallest absolute Gasteiger partial charge is 0.264 e. The second kappa shape index (κ2) is 16.6. The molecule has 0 saturated carbocycles. The number of amides is 2. The Bertz CT molecular complexity index is 1690. The van der Waals surface area contributed by atoms with E-state index in [4.69, 9.17) is 16.3 Å². The van der Waals surface area contributed by atoms with E-state index in [1.165, 1.54) is 17.0 Å². The Labute approximate surface area is 284 Å². The van der Waals surface area contributed by atoms with E-state index < -0.39 is 28.5 Å². The highest BCUT2D eigenvalue weighted by Gasteiger charge is 2.34. The Kier molecular flexibility index (Phi) is 12.7. The van der Waals surface area contributed by atoms with Crippen LogP contribution in [0.2, 0.25) is 5.02 Å². The summed E-state index contributed by atoms with van der Waals surface area (Å²) >= 11 is 9.50. The van der Waals surface area contributed by atoms with Crippen LogP contribution in [0.4, 0.5) is 5.69 Å². The van der Waals surface area contributed by atoms with Crippen molar-refractivity contribution in [1.29, 1.82) is 0 Å². The number of rotatable bonds is 15. The molecule has 0 unspecified atom stereocenters. The van der Waals surface area contributed by atoms with Gasteiger partial charge in [0.1, 0.15) is 18.3 Å². The van der Waals surface area contributed by atoms with Crippen molar-refractivity contribution in [3.05, 3.63) is 124 Å². The first-order valence-electron chi connectivity index (χ1n) is 15.0. The molecule has 8 nitrogen and oxygen atoms in total. The summed E-state index contributed by atoms with van der Waals surface area (Å²) in [6, 6.07) is 28.3. The summed E-state index contributed by atoms with van der Waals surface area (Å²) < 4.78 is 35.7. The van der Waals surface area contributed by atoms with E-state index in [0.29, 0.717) is 34.8 Å². The van der Waals surface area contributed by atoms with Crippen LogP contribution in [0.5, 0.6) is 5.75 Å². The SMILES string of the molecule is CCCNC(=O)[C@@H](Cc1ccccc1)N(Cc1ccc(Cl)cc1)C(=O)CN(c1ccc(OCC)cc1)S(=O)(=O)c1ccc(Br)cc1. The fourth-order valence-corrected chi connectivity index (χ4v) is 6.65. The molecule has 0 bridgehead atoms. The molecule has 0 spiro atoms. The molecule has 0 aliphatic carbocycles. The van der Waals surface area contributed by atoms with Gasteiger partial charge in [0.2, 0.25) is 11.8 Å². The monoisotopic (exact) mass is 725 g/mol. The predicted molar refractivity (Wildman–Crippen MR) is 186 cm³/mol. The number of nitrogens with one attached hydrogen (secondary N) is 1. The van der Waals surface area contributed by atoms with Gasteiger partial charge in [-0.2, -0.15) is 0 Å². The molecule has 0 aromatic heterocycles. The van der Waals surface area contributed by atoms with Gasteiger partial charge in [-0.05, 0) is 85.1 Å². The lowest BCUT2D eigenvalue weighted by atomic mass is 10.0. The molecule has 0 aliphatic rings. The molecule has 2 amide bonds. The van der Waals surface area contributed by atoms with E-state index in [1.54, 1.807) is 60.7 Å². The van der Waals surface area contributed by atoms with E-state index in [9.17, 15) is 18.0 Å². The van der Waals surface area contributed by atoms with Crippen LogP contribution in [-0.4, -0.2) is 50.9 Å². The zero-order chi connectivity index (χ0) is 33.1. The molecule has 0 saturated heterocycles. The van der Waals surface area contributed by atoms with Gasteiger partial charge in [0.05, 0.1) is 17.2 Å². The first-order chi connectivity index (χ1) is 22.1. The topological polar surface area (TPSA) is 96.0 Å². The van der Waals surface area contributed by atoms with Gasteiger partial charge in [0.25, 0.3) is 10.0 Å². The highest BCUT2D eigenvalue weighted by molar-refractivity contribution is 9.10. The Balaban J connectivity index is 1.79. The van der Waals surface area contributed by atoms with E-state index in [-0.39, 0.29) is 29.5 Å². The fraction of sp³-hybridized carbons (Fsp3) is 0.257. The van der Waals surface area contributed by atoms with Gasteiger partial charge < -0.3 is 15.0 Å². The third kappa shape index (κ3) is 9.34. The second-order valence-corrected chi connectivity index (χ2v) is 13.8. The molecule has 46 heavy (non-hydrogen) atoms. The van der Waals surface area contributed by atoms with E-state index in [2.05, 4.69) is 21.2 Å². The molecule has 242 valence electrons. The standard InChI is InChI=1S/C35H37BrClN3O5S/c1-3-22-38-35(42)33(23-26-8-6-5-7-9-26)39(24-27-10-14-29(37)15-11-27)34(41)25-40(30-16-18-31(19-17-30)45-4-2)46(43,44)32-20-12-28(36)13-21-32/h5-21,33H,3-4,22-25H2,1-2H3,(H,38,42)/t33-/m1/s1. The quantitative estimate of drug-likeness (QED) is 0.145. The Morgan fingerprint density at radius 2 is 1.52 bits per heavy atom. The lowest BCUT2D eigenvalue weighted by molar-refractivity contribution is -0.140. The van der Waals surface area contributed by atoms with Crippen molar-refractivity contribution in [1.82, 2.24) is 10.2 Å². The largest absolute Gasteiger partial charge is 0.494 e. The summed E-state index contributed by atoms with van der Waals surface area (Å²) in [4.78, 5) is 29.7. The van der Waals surface area contributed by atoms with Crippen LogP contribution in [-0.2, 0) is 32.6 Å². The predicted octanol–water partition coefficient (Wildman–Crippen LogP) is 6.86. The molecule has 11 heteroatoms. The van der Waals surface area contributed by atoms with Crippen molar-refractivity contribution in [3.63, 3.8) is 0 Å². The molecule has 4 aromatic carbocycles. The molecule has 0 radical (unpaired) electrons. The van der Waals surface area contributed by atoms with Gasteiger partial charge in [0.15, 0.2) is 0 Å². The number of nitrogens with zero attached hydrogens (tertiary/aromatic N) is 2. The minimum absolute atomic E-state index is 0.0168. The zero-order valence-electron chi connectivity index (χ0n) is 25.7. The maximum atomic E-state index is 14.5. The van der Waals surface area contributed by atoms with E-state index >= 15 is 0 Å². The van der Waals surface area contributed by atoms with Gasteiger partial charge in [-0.25, -0.2) is 8.42 Å². The lowest BCUT2D eigenvalue weighted by Gasteiger charge is -2.34. The van der Waals surface area contributed by atoms with Crippen molar-refractivity contribution in [3.8, 4) is 5.75 Å². The molecule has 0 aliphatic heterocycles. The Morgan fingerprint density at radius 3 is 2.13 bits per heavy atom. The average molecular weight is 727 g/mol. The number of sulfonamides is 1. The molecular formula is C35H37BrClN3O5S. The highest BCUT2D eigenvalue weighted by Crippen LogP contribution is 2.28. The summed E-state index contributed by atoms with van der Waals surface area (Å²) in [6.45, 7) is 4.19. The fourth-order valence-electron chi connectivity index (χ4n) is 4.84. The number of anilines is 1. The molecule has 1 atom stereocenters. The molecule has 0 fully saturated rings. The van der Waals surface area contributed by atoms with Gasteiger partial charge in [-0.15, -0.1) is 0 Å². The van der Waals surface area contributed by atoms with Crippen molar-refractivity contribution in [2.24, 2.45) is 0 Å². The molecule has 4 aromatic rings. The number of carbonyl (C=O) groups excluding carboxylic acids is 2. The van der Waals surface area contributed by atoms with Crippen molar-refractivity contribution < 1.29 is 22.7 Å². The van der Waals surface area contributed by atoms with E-state index in [1.807, 2.05) is 44.2 Å². The minimum atomic E-state index is -4.22. The maximum Gasteiger partial charge on any atom is 0.264 e. The van der Waals surface area contributed by atoms with E-state index in [0.717, 1.165) is 15.4 Å². The zero-order valence-corrected chi connectivity index (χ0v) is 28.9. The van der Waals surface area contributed by atoms with Crippen molar-refractivity contribution in [2.75, 3.05) is 24.0 Å². The number of halogens is 2. The number of ether oxygens (including phenoxy) is 1. The molecule has 0 heterocycles. The average Bonchev–Trinajstić information content (AvgIpc) is 3.06.